The summed E-state index contributed by atoms with van der Waals surface area (Å²) in [4.78, 5) is 12.5. The molecule has 9 heteroatoms. The van der Waals surface area contributed by atoms with Crippen LogP contribution in [0.3, 0.4) is 0 Å². The van der Waals surface area contributed by atoms with E-state index in [4.69, 9.17) is 23.2 Å². The summed E-state index contributed by atoms with van der Waals surface area (Å²) in [7, 11) is -3.65. The van der Waals surface area contributed by atoms with Gasteiger partial charge in [-0.1, -0.05) is 35.3 Å². The molecule has 1 atom stereocenters. The largest absolute Gasteiger partial charge is 0.332 e. The van der Waals surface area contributed by atoms with Gasteiger partial charge in [0.05, 0.1) is 21.0 Å². The summed E-state index contributed by atoms with van der Waals surface area (Å²) < 4.78 is 26.7. The van der Waals surface area contributed by atoms with E-state index >= 15 is 0 Å². The van der Waals surface area contributed by atoms with Crippen LogP contribution >= 0.6 is 23.2 Å². The summed E-state index contributed by atoms with van der Waals surface area (Å²) in [6.45, 7) is 3.42. The fourth-order valence-corrected chi connectivity index (χ4v) is 3.97. The number of nitrogens with one attached hydrogen (secondary N) is 2. The number of hydrogen-bond acceptors (Lipinski definition) is 4. The van der Waals surface area contributed by atoms with Crippen LogP contribution in [0.25, 0.3) is 0 Å². The third-order valence-electron chi connectivity index (χ3n) is 3.51. The van der Waals surface area contributed by atoms with Crippen LogP contribution in [0, 0.1) is 11.3 Å². The van der Waals surface area contributed by atoms with E-state index in [0.29, 0.717) is 5.56 Å². The van der Waals surface area contributed by atoms with Gasteiger partial charge in [-0.3, -0.25) is 4.79 Å². The number of carbonyl (C=O) groups is 1. The highest BCUT2D eigenvalue weighted by molar-refractivity contribution is 7.89. The van der Waals surface area contributed by atoms with Gasteiger partial charge in [0.1, 0.15) is 6.04 Å². The molecule has 0 aliphatic carbocycles. The maximum Gasteiger partial charge on any atom is 0.252 e. The van der Waals surface area contributed by atoms with Gasteiger partial charge < -0.3 is 5.32 Å². The van der Waals surface area contributed by atoms with Crippen molar-refractivity contribution in [2.45, 2.75) is 30.8 Å². The lowest BCUT2D eigenvalue weighted by Crippen LogP contribution is -2.30. The molecule has 0 saturated heterocycles. The van der Waals surface area contributed by atoms with Gasteiger partial charge in [-0.05, 0) is 44.2 Å². The van der Waals surface area contributed by atoms with E-state index in [1.807, 2.05) is 6.07 Å². The molecule has 6 nitrogen and oxygen atoms in total. The van der Waals surface area contributed by atoms with Crippen molar-refractivity contribution >= 4 is 39.1 Å². The SMILES string of the molecule is CC(C)NS(=O)(=O)c1ccc(C(=O)NC(C#N)c2cccc(Cl)c2Cl)cc1. The van der Waals surface area contributed by atoms with Gasteiger partial charge in [0, 0.05) is 17.2 Å². The Balaban J connectivity index is 2.20. The van der Waals surface area contributed by atoms with Crippen molar-refractivity contribution in [2.24, 2.45) is 0 Å². The van der Waals surface area contributed by atoms with E-state index in [1.165, 1.54) is 24.3 Å². The average molecular weight is 426 g/mol. The number of benzene rings is 2. The summed E-state index contributed by atoms with van der Waals surface area (Å²) in [6.07, 6.45) is 0. The van der Waals surface area contributed by atoms with Crippen molar-refractivity contribution in [1.82, 2.24) is 10.0 Å². The monoisotopic (exact) mass is 425 g/mol. The summed E-state index contributed by atoms with van der Waals surface area (Å²) in [6, 6.07) is 10.9. The topological polar surface area (TPSA) is 99.1 Å². The van der Waals surface area contributed by atoms with Gasteiger partial charge >= 0.3 is 0 Å². The van der Waals surface area contributed by atoms with E-state index in [0.717, 1.165) is 0 Å². The number of sulfonamides is 1. The highest BCUT2D eigenvalue weighted by atomic mass is 35.5. The molecule has 2 aromatic rings. The van der Waals surface area contributed by atoms with Crippen LogP contribution in [0.2, 0.25) is 10.0 Å². The van der Waals surface area contributed by atoms with E-state index < -0.39 is 22.0 Å². The molecule has 2 rings (SSSR count). The third-order valence-corrected chi connectivity index (χ3v) is 6.02. The molecule has 2 aromatic carbocycles. The van der Waals surface area contributed by atoms with Gasteiger partial charge in [0.15, 0.2) is 0 Å². The molecule has 2 N–H and O–H groups in total. The molecule has 1 amide bonds. The van der Waals surface area contributed by atoms with E-state index in [1.54, 1.807) is 32.0 Å². The summed E-state index contributed by atoms with van der Waals surface area (Å²) >= 11 is 12.0. The Morgan fingerprint density at radius 1 is 1.11 bits per heavy atom. The van der Waals surface area contributed by atoms with Crippen molar-refractivity contribution in [3.63, 3.8) is 0 Å². The number of hydrogen-bond donors (Lipinski definition) is 2. The number of rotatable bonds is 6. The van der Waals surface area contributed by atoms with Crippen LogP contribution in [0.5, 0.6) is 0 Å². The Morgan fingerprint density at radius 3 is 2.30 bits per heavy atom. The second-order valence-electron chi connectivity index (χ2n) is 5.98. The molecule has 0 aliphatic heterocycles. The first-order chi connectivity index (χ1) is 12.7. The van der Waals surface area contributed by atoms with Crippen molar-refractivity contribution in [3.8, 4) is 6.07 Å². The molecule has 0 bridgehead atoms. The number of amides is 1. The lowest BCUT2D eigenvalue weighted by Gasteiger charge is -2.14. The molecule has 0 aromatic heterocycles. The number of nitriles is 1. The molecule has 0 saturated carbocycles. The van der Waals surface area contributed by atoms with Crippen LogP contribution in [0.15, 0.2) is 47.4 Å². The van der Waals surface area contributed by atoms with E-state index in [-0.39, 0.29) is 26.5 Å². The Morgan fingerprint density at radius 2 is 1.74 bits per heavy atom. The summed E-state index contributed by atoms with van der Waals surface area (Å²) in [5.41, 5.74) is 0.581. The molecule has 0 radical (unpaired) electrons. The van der Waals surface area contributed by atoms with Gasteiger partial charge in [-0.2, -0.15) is 5.26 Å². The second kappa shape index (κ2) is 8.72. The molecule has 142 valence electrons. The zero-order valence-corrected chi connectivity index (χ0v) is 16.9. The van der Waals surface area contributed by atoms with E-state index in [9.17, 15) is 18.5 Å². The molecule has 27 heavy (non-hydrogen) atoms. The Bertz CT molecular complexity index is 984. The average Bonchev–Trinajstić information content (AvgIpc) is 2.61. The van der Waals surface area contributed by atoms with Crippen molar-refractivity contribution < 1.29 is 13.2 Å². The minimum absolute atomic E-state index is 0.0440. The zero-order chi connectivity index (χ0) is 20.2. The van der Waals surface area contributed by atoms with Crippen LogP contribution in [0.4, 0.5) is 0 Å². The first-order valence-corrected chi connectivity index (χ1v) is 10.2. The zero-order valence-electron chi connectivity index (χ0n) is 14.5. The molecule has 0 spiro atoms. The fraction of sp³-hybridized carbons (Fsp3) is 0.222. The normalized spacial score (nSPS) is 12.4. The van der Waals surface area contributed by atoms with Crippen LogP contribution in [0.1, 0.15) is 35.8 Å². The fourth-order valence-electron chi connectivity index (χ4n) is 2.30. The number of carbonyl (C=O) groups excluding carboxylic acids is 1. The number of nitrogens with zero attached hydrogens (tertiary/aromatic N) is 1. The standard InChI is InChI=1S/C18H17Cl2N3O3S/c1-11(2)23-27(25,26)13-8-6-12(7-9-13)18(24)22-16(10-21)14-4-3-5-15(19)17(14)20/h3-9,11,16,23H,1-2H3,(H,22,24). The van der Waals surface area contributed by atoms with Crippen LogP contribution < -0.4 is 10.0 Å². The second-order valence-corrected chi connectivity index (χ2v) is 8.48. The lowest BCUT2D eigenvalue weighted by molar-refractivity contribution is 0.0945. The molecule has 1 unspecified atom stereocenters. The van der Waals surface area contributed by atoms with E-state index in [2.05, 4.69) is 10.0 Å². The third kappa shape index (κ3) is 5.21. The molecular formula is C18H17Cl2N3O3S. The van der Waals surface area contributed by atoms with Gasteiger partial charge in [0.2, 0.25) is 10.0 Å². The van der Waals surface area contributed by atoms with Gasteiger partial charge in [-0.25, -0.2) is 13.1 Å². The predicted molar refractivity (Wildman–Crippen MR) is 104 cm³/mol. The smallest absolute Gasteiger partial charge is 0.252 e. The van der Waals surface area contributed by atoms with Crippen LogP contribution in [-0.2, 0) is 10.0 Å². The molecule has 0 heterocycles. The lowest BCUT2D eigenvalue weighted by atomic mass is 10.1. The maximum atomic E-state index is 12.4. The van der Waals surface area contributed by atoms with Gasteiger partial charge in [0.25, 0.3) is 5.91 Å². The van der Waals surface area contributed by atoms with Crippen molar-refractivity contribution in [2.75, 3.05) is 0 Å². The summed E-state index contributed by atoms with van der Waals surface area (Å²) in [5.74, 6) is -0.543. The quantitative estimate of drug-likeness (QED) is 0.736. The molecule has 0 aliphatic rings. The van der Waals surface area contributed by atoms with Crippen molar-refractivity contribution in [3.05, 3.63) is 63.6 Å². The molecular weight excluding hydrogens is 409 g/mol. The first-order valence-electron chi connectivity index (χ1n) is 7.92. The first kappa shape index (κ1) is 21.2. The van der Waals surface area contributed by atoms with Gasteiger partial charge in [-0.15, -0.1) is 0 Å². The maximum absolute atomic E-state index is 12.4. The summed E-state index contributed by atoms with van der Waals surface area (Å²) in [5, 5.41) is 12.4. The number of halogens is 2. The Labute approximate surface area is 168 Å². The molecule has 0 fully saturated rings. The van der Waals surface area contributed by atoms with Crippen molar-refractivity contribution in [1.29, 1.82) is 5.26 Å². The van der Waals surface area contributed by atoms with Crippen LogP contribution in [-0.4, -0.2) is 20.4 Å². The Hall–Kier alpha value is -2.11. The minimum atomic E-state index is -3.65. The minimum Gasteiger partial charge on any atom is -0.332 e. The highest BCUT2D eigenvalue weighted by Gasteiger charge is 2.20. The highest BCUT2D eigenvalue weighted by Crippen LogP contribution is 2.29. The Kier molecular flexibility index (Phi) is 6.84. The predicted octanol–water partition coefficient (Wildman–Crippen LogP) is 3.67.